The van der Waals surface area contributed by atoms with Crippen LogP contribution < -0.4 is 10.6 Å². The summed E-state index contributed by atoms with van der Waals surface area (Å²) in [7, 11) is 0. The van der Waals surface area contributed by atoms with E-state index in [1.165, 1.54) is 44.1 Å². The summed E-state index contributed by atoms with van der Waals surface area (Å²) in [6.45, 7) is 8.74. The van der Waals surface area contributed by atoms with Crippen molar-refractivity contribution in [1.29, 1.82) is 0 Å². The number of Topliss-reactive ketones (excluding diaryl/α,β-unsaturated/α-hetero) is 1. The summed E-state index contributed by atoms with van der Waals surface area (Å²) in [4.78, 5) is 26.9. The fraction of sp³-hybridized carbons (Fsp3) is 0.632. The molecule has 2 aromatic rings. The number of hydrogen-bond donors (Lipinski definition) is 2. The topological polar surface area (TPSA) is 58.2 Å². The van der Waals surface area contributed by atoms with Crippen LogP contribution in [0.3, 0.4) is 0 Å². The van der Waals surface area contributed by atoms with Crippen LogP contribution in [0.2, 0.25) is 0 Å². The second-order valence-corrected chi connectivity index (χ2v) is 14.9. The van der Waals surface area contributed by atoms with E-state index in [1.54, 1.807) is 0 Å². The lowest BCUT2D eigenvalue weighted by Crippen LogP contribution is -2.58. The molecule has 4 saturated carbocycles. The molecule has 0 saturated heterocycles. The number of benzene rings is 2. The van der Waals surface area contributed by atoms with Gasteiger partial charge in [-0.1, -0.05) is 81.4 Å². The first-order chi connectivity index (χ1) is 20.3. The lowest BCUT2D eigenvalue weighted by molar-refractivity contribution is -0.158. The third-order valence-electron chi connectivity index (χ3n) is 12.9. The highest BCUT2D eigenvalue weighted by Gasteiger charge is 2.63. The molecule has 0 heterocycles. The molecule has 2 aromatic carbocycles. The van der Waals surface area contributed by atoms with Gasteiger partial charge in [0.1, 0.15) is 5.78 Å². The van der Waals surface area contributed by atoms with Crippen LogP contribution in [0.1, 0.15) is 96.1 Å². The number of carbonyl (C=O) groups excluding carboxylic acids is 2. The zero-order valence-corrected chi connectivity index (χ0v) is 26.1. The van der Waals surface area contributed by atoms with Gasteiger partial charge in [0.05, 0.1) is 0 Å². The van der Waals surface area contributed by atoms with Gasteiger partial charge in [0.15, 0.2) is 0 Å². The smallest absolute Gasteiger partial charge is 0.220 e. The molecule has 9 atom stereocenters. The SMILES string of the molecule is C[C@H](CCC(=O)NCc1ccccc1)[C@H]1CC[C@H]2[C@@H]3CC[C@@H]4C[C@@H](NCc5ccccc5)CC[C@]4(C)[C@H]3CC(=O)[C@]12C. The minimum absolute atomic E-state index is 0.126. The Labute approximate surface area is 253 Å². The second-order valence-electron chi connectivity index (χ2n) is 14.9. The van der Waals surface area contributed by atoms with Crippen molar-refractivity contribution in [2.45, 2.75) is 104 Å². The van der Waals surface area contributed by atoms with E-state index in [0.717, 1.165) is 37.3 Å². The predicted molar refractivity (Wildman–Crippen MR) is 169 cm³/mol. The van der Waals surface area contributed by atoms with Crippen molar-refractivity contribution in [3.63, 3.8) is 0 Å². The quantitative estimate of drug-likeness (QED) is 0.326. The first-order valence-electron chi connectivity index (χ1n) is 16.9. The minimum Gasteiger partial charge on any atom is -0.352 e. The summed E-state index contributed by atoms with van der Waals surface area (Å²) < 4.78 is 0. The van der Waals surface area contributed by atoms with Gasteiger partial charge in [-0.2, -0.15) is 0 Å². The van der Waals surface area contributed by atoms with E-state index < -0.39 is 0 Å². The van der Waals surface area contributed by atoms with Crippen molar-refractivity contribution in [2.75, 3.05) is 0 Å². The van der Waals surface area contributed by atoms with Crippen LogP contribution in [0.25, 0.3) is 0 Å². The van der Waals surface area contributed by atoms with Crippen LogP contribution in [0.5, 0.6) is 0 Å². The van der Waals surface area contributed by atoms with E-state index in [0.29, 0.717) is 59.8 Å². The molecule has 1 amide bonds. The molecule has 0 aromatic heterocycles. The third kappa shape index (κ3) is 5.61. The van der Waals surface area contributed by atoms with Crippen molar-refractivity contribution in [2.24, 2.45) is 46.3 Å². The largest absolute Gasteiger partial charge is 0.352 e. The van der Waals surface area contributed by atoms with Crippen molar-refractivity contribution in [1.82, 2.24) is 10.6 Å². The van der Waals surface area contributed by atoms with Gasteiger partial charge in [-0.3, -0.25) is 9.59 Å². The molecule has 4 aliphatic rings. The molecule has 0 bridgehead atoms. The Morgan fingerprint density at radius 2 is 1.57 bits per heavy atom. The van der Waals surface area contributed by atoms with Crippen molar-refractivity contribution < 1.29 is 9.59 Å². The normalized spacial score (nSPS) is 36.4. The predicted octanol–water partition coefficient (Wildman–Crippen LogP) is 7.72. The molecule has 0 spiro atoms. The van der Waals surface area contributed by atoms with E-state index in [1.807, 2.05) is 30.3 Å². The van der Waals surface area contributed by atoms with E-state index in [-0.39, 0.29) is 11.3 Å². The number of nitrogens with one attached hydrogen (secondary N) is 2. The maximum atomic E-state index is 14.2. The highest BCUT2D eigenvalue weighted by atomic mass is 16.1. The number of carbonyl (C=O) groups is 2. The van der Waals surface area contributed by atoms with Crippen LogP contribution >= 0.6 is 0 Å². The Bertz CT molecular complexity index is 1230. The number of rotatable bonds is 9. The van der Waals surface area contributed by atoms with E-state index in [2.05, 4.69) is 61.7 Å². The number of ketones is 1. The van der Waals surface area contributed by atoms with Gasteiger partial charge in [0.2, 0.25) is 5.91 Å². The van der Waals surface area contributed by atoms with E-state index >= 15 is 0 Å². The molecule has 2 N–H and O–H groups in total. The van der Waals surface area contributed by atoms with Gasteiger partial charge < -0.3 is 10.6 Å². The van der Waals surface area contributed by atoms with Crippen LogP contribution in [-0.4, -0.2) is 17.7 Å². The summed E-state index contributed by atoms with van der Waals surface area (Å²) in [6, 6.07) is 21.5. The number of fused-ring (bicyclic) bond motifs is 5. The van der Waals surface area contributed by atoms with Gasteiger partial charge in [0, 0.05) is 37.4 Å². The molecule has 6 rings (SSSR count). The monoisotopic (exact) mass is 568 g/mol. The fourth-order valence-corrected chi connectivity index (χ4v) is 10.4. The molecule has 0 aliphatic heterocycles. The van der Waals surface area contributed by atoms with Crippen LogP contribution in [0.4, 0.5) is 0 Å². The van der Waals surface area contributed by atoms with Crippen LogP contribution in [0.15, 0.2) is 60.7 Å². The number of amides is 1. The Hall–Kier alpha value is -2.46. The Balaban J connectivity index is 1.06. The Morgan fingerprint density at radius 1 is 0.881 bits per heavy atom. The Kier molecular flexibility index (Phi) is 8.65. The standard InChI is InChI=1S/C38H52N2O2/c1-26(14-19-36(42)40-25-28-12-8-5-9-13-28)32-17-18-33-31-16-15-29-22-30(39-24-27-10-6-4-7-11-27)20-21-37(29,2)34(31)23-35(41)38(32,33)3/h4-13,26,29-34,39H,14-25H2,1-3H3,(H,40,42)/t26-,29-,30+,31+,32-,33+,34+,37+,38-/m1/s1. The average Bonchev–Trinajstić information content (AvgIpc) is 3.38. The van der Waals surface area contributed by atoms with Crippen LogP contribution in [0, 0.1) is 46.3 Å². The molecule has 0 radical (unpaired) electrons. The summed E-state index contributed by atoms with van der Waals surface area (Å²) in [5.74, 6) is 3.95. The van der Waals surface area contributed by atoms with Gasteiger partial charge in [0.25, 0.3) is 0 Å². The fourth-order valence-electron chi connectivity index (χ4n) is 10.4. The summed E-state index contributed by atoms with van der Waals surface area (Å²) in [5.41, 5.74) is 2.58. The van der Waals surface area contributed by atoms with Crippen LogP contribution in [-0.2, 0) is 22.7 Å². The van der Waals surface area contributed by atoms with Crippen molar-refractivity contribution >= 4 is 11.7 Å². The van der Waals surface area contributed by atoms with Crippen molar-refractivity contribution in [3.8, 4) is 0 Å². The maximum absolute atomic E-state index is 14.2. The molecule has 42 heavy (non-hydrogen) atoms. The van der Waals surface area contributed by atoms with E-state index in [9.17, 15) is 9.59 Å². The van der Waals surface area contributed by atoms with Gasteiger partial charge in [-0.25, -0.2) is 0 Å². The highest BCUT2D eigenvalue weighted by Crippen LogP contribution is 2.67. The molecular weight excluding hydrogens is 516 g/mol. The maximum Gasteiger partial charge on any atom is 0.220 e. The Morgan fingerprint density at radius 3 is 2.29 bits per heavy atom. The minimum atomic E-state index is -0.210. The first-order valence-corrected chi connectivity index (χ1v) is 16.9. The summed E-state index contributed by atoms with van der Waals surface area (Å²) in [6.07, 6.45) is 10.9. The first kappa shape index (κ1) is 29.6. The molecule has 226 valence electrons. The van der Waals surface area contributed by atoms with Gasteiger partial charge in [-0.05, 0) is 103 Å². The zero-order chi connectivity index (χ0) is 29.3. The van der Waals surface area contributed by atoms with E-state index in [4.69, 9.17) is 0 Å². The van der Waals surface area contributed by atoms with Crippen molar-refractivity contribution in [3.05, 3.63) is 71.8 Å². The molecule has 4 fully saturated rings. The summed E-state index contributed by atoms with van der Waals surface area (Å²) >= 11 is 0. The summed E-state index contributed by atoms with van der Waals surface area (Å²) in [5, 5.41) is 6.97. The molecule has 0 unspecified atom stereocenters. The zero-order valence-electron chi connectivity index (χ0n) is 26.1. The molecule has 4 nitrogen and oxygen atoms in total. The molecule has 4 aliphatic carbocycles. The lowest BCUT2D eigenvalue weighted by Gasteiger charge is -2.60. The average molecular weight is 569 g/mol. The second kappa shape index (κ2) is 12.3. The molecule has 4 heteroatoms. The van der Waals surface area contributed by atoms with Gasteiger partial charge in [-0.15, -0.1) is 0 Å². The number of hydrogen-bond acceptors (Lipinski definition) is 3. The highest BCUT2D eigenvalue weighted by molar-refractivity contribution is 5.87. The lowest BCUT2D eigenvalue weighted by atomic mass is 9.44. The molecular formula is C38H52N2O2. The third-order valence-corrected chi connectivity index (χ3v) is 12.9. The van der Waals surface area contributed by atoms with Gasteiger partial charge >= 0.3 is 0 Å².